The van der Waals surface area contributed by atoms with Crippen LogP contribution in [-0.2, 0) is 6.42 Å². The molecule has 0 saturated carbocycles. The van der Waals surface area contributed by atoms with Crippen LogP contribution in [0.4, 0.5) is 0 Å². The first-order chi connectivity index (χ1) is 10.3. The molecule has 0 radical (unpaired) electrons. The molecule has 0 spiro atoms. The van der Waals surface area contributed by atoms with Gasteiger partial charge < -0.3 is 13.9 Å². The average Bonchev–Trinajstić information content (AvgIpc) is 2.92. The van der Waals surface area contributed by atoms with E-state index < -0.39 is 0 Å². The van der Waals surface area contributed by atoms with Gasteiger partial charge in [-0.25, -0.2) is 0 Å². The van der Waals surface area contributed by atoms with Crippen LogP contribution >= 0.6 is 0 Å². The number of nitrogens with zero attached hydrogens (tertiary/aromatic N) is 1. The maximum Gasteiger partial charge on any atom is 0.122 e. The van der Waals surface area contributed by atoms with Crippen LogP contribution in [0.2, 0.25) is 0 Å². The van der Waals surface area contributed by atoms with Crippen molar-refractivity contribution in [3.8, 4) is 22.6 Å². The summed E-state index contributed by atoms with van der Waals surface area (Å²) in [7, 11) is 3.39. The summed E-state index contributed by atoms with van der Waals surface area (Å²) in [6.45, 7) is 2.18. The molecular formula is C18H19NO2. The molecule has 3 nitrogen and oxygen atoms in total. The second-order valence-corrected chi connectivity index (χ2v) is 4.96. The Morgan fingerprint density at radius 3 is 2.29 bits per heavy atom. The Labute approximate surface area is 124 Å². The summed E-state index contributed by atoms with van der Waals surface area (Å²) in [5.74, 6) is 1.76. The van der Waals surface area contributed by atoms with E-state index in [4.69, 9.17) is 9.47 Å². The number of hydrogen-bond donors (Lipinski definition) is 0. The van der Waals surface area contributed by atoms with Crippen molar-refractivity contribution in [3.05, 3.63) is 54.4 Å². The SMILES string of the molecule is CCc1c(-c2ccc(OC)cc2)cn2ccc(OC)cc12. The van der Waals surface area contributed by atoms with Gasteiger partial charge in [0, 0.05) is 24.0 Å². The first-order valence-corrected chi connectivity index (χ1v) is 7.08. The van der Waals surface area contributed by atoms with Gasteiger partial charge >= 0.3 is 0 Å². The third-order valence-corrected chi connectivity index (χ3v) is 3.85. The van der Waals surface area contributed by atoms with E-state index in [0.717, 1.165) is 17.9 Å². The van der Waals surface area contributed by atoms with Crippen LogP contribution in [0.3, 0.4) is 0 Å². The summed E-state index contributed by atoms with van der Waals surface area (Å²) < 4.78 is 12.7. The molecule has 2 heterocycles. The summed E-state index contributed by atoms with van der Waals surface area (Å²) in [5.41, 5.74) is 4.99. The van der Waals surface area contributed by atoms with Gasteiger partial charge in [-0.05, 0) is 35.7 Å². The van der Waals surface area contributed by atoms with E-state index in [-0.39, 0.29) is 0 Å². The van der Waals surface area contributed by atoms with Crippen LogP contribution in [0.25, 0.3) is 16.6 Å². The summed E-state index contributed by atoms with van der Waals surface area (Å²) in [5, 5.41) is 0. The van der Waals surface area contributed by atoms with Gasteiger partial charge in [0.2, 0.25) is 0 Å². The molecule has 0 aliphatic heterocycles. The molecule has 2 aromatic heterocycles. The molecule has 108 valence electrons. The number of fused-ring (bicyclic) bond motifs is 1. The molecule has 0 N–H and O–H groups in total. The first-order valence-electron chi connectivity index (χ1n) is 7.08. The van der Waals surface area contributed by atoms with Crippen LogP contribution in [0.5, 0.6) is 11.5 Å². The molecule has 21 heavy (non-hydrogen) atoms. The minimum Gasteiger partial charge on any atom is -0.497 e. The second kappa shape index (κ2) is 5.52. The van der Waals surface area contributed by atoms with Crippen LogP contribution in [-0.4, -0.2) is 18.6 Å². The predicted octanol–water partition coefficient (Wildman–Crippen LogP) is 4.19. The summed E-state index contributed by atoms with van der Waals surface area (Å²) >= 11 is 0. The highest BCUT2D eigenvalue weighted by Crippen LogP contribution is 2.31. The Bertz CT molecular complexity index is 757. The molecule has 0 atom stereocenters. The predicted molar refractivity (Wildman–Crippen MR) is 85.3 cm³/mol. The van der Waals surface area contributed by atoms with Crippen molar-refractivity contribution in [2.45, 2.75) is 13.3 Å². The third kappa shape index (κ3) is 2.35. The Hall–Kier alpha value is -2.42. The van der Waals surface area contributed by atoms with Gasteiger partial charge in [0.15, 0.2) is 0 Å². The van der Waals surface area contributed by atoms with Gasteiger partial charge in [0.25, 0.3) is 0 Å². The lowest BCUT2D eigenvalue weighted by molar-refractivity contribution is 0.414. The molecule has 0 amide bonds. The number of hydrogen-bond acceptors (Lipinski definition) is 2. The molecule has 0 aliphatic carbocycles. The fraction of sp³-hybridized carbons (Fsp3) is 0.222. The van der Waals surface area contributed by atoms with Gasteiger partial charge in [-0.2, -0.15) is 0 Å². The lowest BCUT2D eigenvalue weighted by atomic mass is 10.0. The normalized spacial score (nSPS) is 10.8. The van der Waals surface area contributed by atoms with Gasteiger partial charge in [-0.15, -0.1) is 0 Å². The highest BCUT2D eigenvalue weighted by Gasteiger charge is 2.11. The van der Waals surface area contributed by atoms with Crippen LogP contribution in [0, 0.1) is 0 Å². The lowest BCUT2D eigenvalue weighted by Gasteiger charge is -2.05. The van der Waals surface area contributed by atoms with E-state index in [1.807, 2.05) is 24.4 Å². The lowest BCUT2D eigenvalue weighted by Crippen LogP contribution is -1.88. The zero-order chi connectivity index (χ0) is 14.8. The van der Waals surface area contributed by atoms with Gasteiger partial charge in [0.1, 0.15) is 11.5 Å². The maximum atomic E-state index is 5.34. The minimum absolute atomic E-state index is 0.877. The van der Waals surface area contributed by atoms with Crippen molar-refractivity contribution in [3.63, 3.8) is 0 Å². The monoisotopic (exact) mass is 281 g/mol. The van der Waals surface area contributed by atoms with Crippen molar-refractivity contribution >= 4 is 5.52 Å². The Morgan fingerprint density at radius 2 is 1.67 bits per heavy atom. The quantitative estimate of drug-likeness (QED) is 0.715. The van der Waals surface area contributed by atoms with Gasteiger partial charge in [-0.1, -0.05) is 19.1 Å². The Morgan fingerprint density at radius 1 is 0.952 bits per heavy atom. The van der Waals surface area contributed by atoms with Crippen LogP contribution in [0.15, 0.2) is 48.8 Å². The molecule has 0 unspecified atom stereocenters. The number of aromatic nitrogens is 1. The second-order valence-electron chi connectivity index (χ2n) is 4.96. The van der Waals surface area contributed by atoms with Crippen molar-refractivity contribution < 1.29 is 9.47 Å². The van der Waals surface area contributed by atoms with E-state index in [1.165, 1.54) is 22.2 Å². The largest absolute Gasteiger partial charge is 0.497 e. The molecular weight excluding hydrogens is 262 g/mol. The van der Waals surface area contributed by atoms with E-state index >= 15 is 0 Å². The molecule has 0 saturated heterocycles. The molecule has 3 heteroatoms. The fourth-order valence-electron chi connectivity index (χ4n) is 2.72. The molecule has 3 rings (SSSR count). The Balaban J connectivity index is 2.16. The van der Waals surface area contributed by atoms with E-state index in [2.05, 4.69) is 35.7 Å². The standard InChI is InChI=1S/C18H19NO2/c1-4-16-17(13-5-7-14(20-2)8-6-13)12-19-10-9-15(21-3)11-18(16)19/h5-12H,4H2,1-3H3. The number of methoxy groups -OCH3 is 2. The van der Waals surface area contributed by atoms with E-state index in [9.17, 15) is 0 Å². The van der Waals surface area contributed by atoms with Gasteiger partial charge in [-0.3, -0.25) is 0 Å². The highest BCUT2D eigenvalue weighted by molar-refractivity contribution is 5.77. The van der Waals surface area contributed by atoms with E-state index in [1.54, 1.807) is 14.2 Å². The molecule has 1 aromatic carbocycles. The number of rotatable bonds is 4. The average molecular weight is 281 g/mol. The Kier molecular flexibility index (Phi) is 3.57. The zero-order valence-corrected chi connectivity index (χ0v) is 12.6. The summed E-state index contributed by atoms with van der Waals surface area (Å²) in [6, 6.07) is 12.3. The van der Waals surface area contributed by atoms with Crippen LogP contribution < -0.4 is 9.47 Å². The topological polar surface area (TPSA) is 22.9 Å². The molecule has 0 bridgehead atoms. The first kappa shape index (κ1) is 13.6. The third-order valence-electron chi connectivity index (χ3n) is 3.85. The number of ether oxygens (including phenoxy) is 2. The van der Waals surface area contributed by atoms with E-state index in [0.29, 0.717) is 0 Å². The molecule has 0 fully saturated rings. The number of benzene rings is 1. The van der Waals surface area contributed by atoms with Crippen molar-refractivity contribution in [2.24, 2.45) is 0 Å². The highest BCUT2D eigenvalue weighted by atomic mass is 16.5. The van der Waals surface area contributed by atoms with Crippen molar-refractivity contribution in [2.75, 3.05) is 14.2 Å². The number of pyridine rings is 1. The maximum absolute atomic E-state index is 5.34. The summed E-state index contributed by atoms with van der Waals surface area (Å²) in [4.78, 5) is 0. The smallest absolute Gasteiger partial charge is 0.122 e. The van der Waals surface area contributed by atoms with Crippen molar-refractivity contribution in [1.29, 1.82) is 0 Å². The fourth-order valence-corrected chi connectivity index (χ4v) is 2.72. The van der Waals surface area contributed by atoms with Crippen LogP contribution in [0.1, 0.15) is 12.5 Å². The van der Waals surface area contributed by atoms with Gasteiger partial charge in [0.05, 0.1) is 19.7 Å². The number of aryl methyl sites for hydroxylation is 1. The minimum atomic E-state index is 0.877. The summed E-state index contributed by atoms with van der Waals surface area (Å²) in [6.07, 6.45) is 5.20. The zero-order valence-electron chi connectivity index (χ0n) is 12.6. The van der Waals surface area contributed by atoms with Crippen molar-refractivity contribution in [1.82, 2.24) is 4.40 Å². The molecule has 3 aromatic rings. The molecule has 0 aliphatic rings.